The Hall–Kier alpha value is -5.02. The number of anilines is 2. The lowest BCUT2D eigenvalue weighted by Crippen LogP contribution is -2.48. The Labute approximate surface area is 249 Å². The molecule has 4 heterocycles. The lowest BCUT2D eigenvalue weighted by Gasteiger charge is -2.37. The van der Waals surface area contributed by atoms with Gasteiger partial charge in [-0.25, -0.2) is 4.98 Å². The van der Waals surface area contributed by atoms with E-state index in [-0.39, 0.29) is 28.9 Å². The van der Waals surface area contributed by atoms with Gasteiger partial charge in [0.1, 0.15) is 6.04 Å². The highest BCUT2D eigenvalue weighted by Crippen LogP contribution is 2.31. The van der Waals surface area contributed by atoms with Gasteiger partial charge in [-0.05, 0) is 79.5 Å². The molecule has 1 aliphatic rings. The average Bonchev–Trinajstić information content (AvgIpc) is 2.99. The predicted molar refractivity (Wildman–Crippen MR) is 170 cm³/mol. The molecule has 9 nitrogen and oxygen atoms in total. The lowest BCUT2D eigenvalue weighted by molar-refractivity contribution is -0.139. The molecule has 5 aromatic rings. The van der Waals surface area contributed by atoms with Gasteiger partial charge >= 0.3 is 0 Å². The number of carbonyl (C=O) groups is 1. The summed E-state index contributed by atoms with van der Waals surface area (Å²) < 4.78 is 3.16. The number of benzene rings is 2. The van der Waals surface area contributed by atoms with Crippen LogP contribution in [0.15, 0.2) is 88.7 Å². The number of carbonyl (C=O) groups excluding carboxylic acids is 1. The smallest absolute Gasteiger partial charge is 0.293 e. The van der Waals surface area contributed by atoms with Gasteiger partial charge in [0.15, 0.2) is 5.82 Å². The number of pyridine rings is 2. The summed E-state index contributed by atoms with van der Waals surface area (Å²) in [5, 5.41) is 3.18. The van der Waals surface area contributed by atoms with E-state index >= 15 is 0 Å². The van der Waals surface area contributed by atoms with Crippen LogP contribution in [0.25, 0.3) is 27.9 Å². The quantitative estimate of drug-likeness (QED) is 0.332. The minimum absolute atomic E-state index is 0.0665. The standard InChI is InChI=1S/C34H34N6O3/c1-21-15-16-40-25(19-21)13-14-28(32(40)41)26-7-6-8-27(22(26)2)29-20-39(5)34(43)31(36-29)35-24-11-9-23(10-12-24)30-33(42)38(4)18-17-37(30)3/h6-16,19-20,30H,17-18H2,1-5H3,(H,35,36)/t30-/m1/s1. The number of amides is 1. The third kappa shape index (κ3) is 5.12. The summed E-state index contributed by atoms with van der Waals surface area (Å²) >= 11 is 0. The molecule has 1 aliphatic heterocycles. The van der Waals surface area contributed by atoms with Gasteiger partial charge in [-0.1, -0.05) is 30.3 Å². The number of likely N-dealkylation sites (N-methyl/N-ethyl adjacent to an activating group) is 2. The molecule has 1 N–H and O–H groups in total. The van der Waals surface area contributed by atoms with Crippen LogP contribution in [0, 0.1) is 13.8 Å². The van der Waals surface area contributed by atoms with E-state index in [0.717, 1.165) is 39.9 Å². The van der Waals surface area contributed by atoms with Gasteiger partial charge in [-0.3, -0.25) is 23.7 Å². The summed E-state index contributed by atoms with van der Waals surface area (Å²) in [6, 6.07) is 20.7. The van der Waals surface area contributed by atoms with Gasteiger partial charge in [-0.2, -0.15) is 0 Å². The molecule has 9 heteroatoms. The molecule has 0 aliphatic carbocycles. The molecule has 3 aromatic heterocycles. The number of aromatic nitrogens is 3. The third-order valence-corrected chi connectivity index (χ3v) is 8.31. The van der Waals surface area contributed by atoms with Gasteiger partial charge in [0.05, 0.1) is 5.69 Å². The molecule has 6 rings (SSSR count). The molecule has 0 saturated carbocycles. The third-order valence-electron chi connectivity index (χ3n) is 8.31. The normalized spacial score (nSPS) is 15.7. The van der Waals surface area contributed by atoms with Crippen LogP contribution in [0.2, 0.25) is 0 Å². The zero-order valence-corrected chi connectivity index (χ0v) is 25.0. The van der Waals surface area contributed by atoms with Crippen molar-refractivity contribution in [2.24, 2.45) is 7.05 Å². The van der Waals surface area contributed by atoms with Gasteiger partial charge < -0.3 is 14.8 Å². The van der Waals surface area contributed by atoms with Gasteiger partial charge in [0.25, 0.3) is 11.1 Å². The Morgan fingerprint density at radius 3 is 2.33 bits per heavy atom. The summed E-state index contributed by atoms with van der Waals surface area (Å²) in [4.78, 5) is 47.9. The Morgan fingerprint density at radius 2 is 1.56 bits per heavy atom. The number of nitrogens with zero attached hydrogens (tertiary/aromatic N) is 5. The van der Waals surface area contributed by atoms with E-state index in [1.807, 2.05) is 94.7 Å². The van der Waals surface area contributed by atoms with Crippen molar-refractivity contribution >= 4 is 22.9 Å². The fourth-order valence-electron chi connectivity index (χ4n) is 5.77. The first-order valence-corrected chi connectivity index (χ1v) is 14.2. The van der Waals surface area contributed by atoms with Gasteiger partial charge in [-0.15, -0.1) is 0 Å². The maximum absolute atomic E-state index is 13.4. The van der Waals surface area contributed by atoms with Crippen molar-refractivity contribution < 1.29 is 4.79 Å². The number of fused-ring (bicyclic) bond motifs is 1. The van der Waals surface area contributed by atoms with Crippen LogP contribution >= 0.6 is 0 Å². The highest BCUT2D eigenvalue weighted by molar-refractivity contribution is 5.84. The van der Waals surface area contributed by atoms with E-state index in [1.54, 1.807) is 28.7 Å². The number of hydrogen-bond donors (Lipinski definition) is 1. The highest BCUT2D eigenvalue weighted by atomic mass is 16.2. The molecule has 0 radical (unpaired) electrons. The van der Waals surface area contributed by atoms with Crippen molar-refractivity contribution in [3.63, 3.8) is 0 Å². The summed E-state index contributed by atoms with van der Waals surface area (Å²) in [6.45, 7) is 5.48. The van der Waals surface area contributed by atoms with E-state index in [9.17, 15) is 14.4 Å². The zero-order chi connectivity index (χ0) is 30.4. The molecule has 1 amide bonds. The first-order valence-electron chi connectivity index (χ1n) is 14.2. The second-order valence-corrected chi connectivity index (χ2v) is 11.3. The van der Waals surface area contributed by atoms with E-state index in [2.05, 4.69) is 10.2 Å². The SMILES string of the molecule is Cc1ccn2c(=O)c(-c3cccc(-c4cn(C)c(=O)c(Nc5ccc([C@@H]6C(=O)N(C)CCN6C)cc5)n4)c3C)ccc2c1. The number of piperazine rings is 1. The predicted octanol–water partition coefficient (Wildman–Crippen LogP) is 4.53. The largest absolute Gasteiger partial charge is 0.343 e. The number of rotatable bonds is 5. The van der Waals surface area contributed by atoms with Crippen LogP contribution in [-0.2, 0) is 11.8 Å². The maximum Gasteiger partial charge on any atom is 0.293 e. The van der Waals surface area contributed by atoms with Crippen molar-refractivity contribution in [1.82, 2.24) is 23.8 Å². The van der Waals surface area contributed by atoms with Gasteiger partial charge in [0.2, 0.25) is 5.91 Å². The second kappa shape index (κ2) is 11.0. The lowest BCUT2D eigenvalue weighted by atomic mass is 9.95. The molecule has 0 spiro atoms. The summed E-state index contributed by atoms with van der Waals surface area (Å²) in [5.41, 5.74) is 6.88. The molecule has 2 aromatic carbocycles. The first-order chi connectivity index (χ1) is 20.6. The summed E-state index contributed by atoms with van der Waals surface area (Å²) in [7, 11) is 5.47. The van der Waals surface area contributed by atoms with Crippen molar-refractivity contribution in [2.45, 2.75) is 19.9 Å². The van der Waals surface area contributed by atoms with E-state index in [1.165, 1.54) is 4.57 Å². The molecular formula is C34H34N6O3. The summed E-state index contributed by atoms with van der Waals surface area (Å²) in [6.07, 6.45) is 3.51. The highest BCUT2D eigenvalue weighted by Gasteiger charge is 2.31. The van der Waals surface area contributed by atoms with Crippen molar-refractivity contribution in [2.75, 3.05) is 32.5 Å². The van der Waals surface area contributed by atoms with Crippen LogP contribution in [0.5, 0.6) is 0 Å². The van der Waals surface area contributed by atoms with Crippen LogP contribution in [0.1, 0.15) is 22.7 Å². The topological polar surface area (TPSA) is 92.0 Å². The molecule has 1 atom stereocenters. The number of aryl methyl sites for hydroxylation is 2. The molecule has 1 saturated heterocycles. The molecular weight excluding hydrogens is 540 g/mol. The minimum atomic E-state index is -0.336. The minimum Gasteiger partial charge on any atom is -0.343 e. The Morgan fingerprint density at radius 1 is 0.814 bits per heavy atom. The van der Waals surface area contributed by atoms with Crippen LogP contribution in [-0.4, -0.2) is 56.8 Å². The molecule has 1 fully saturated rings. The number of nitrogens with one attached hydrogen (secondary N) is 1. The Balaban J connectivity index is 1.34. The molecule has 43 heavy (non-hydrogen) atoms. The average molecular weight is 575 g/mol. The Bertz CT molecular complexity index is 1990. The summed E-state index contributed by atoms with van der Waals surface area (Å²) in [5.74, 6) is 0.251. The second-order valence-electron chi connectivity index (χ2n) is 11.3. The van der Waals surface area contributed by atoms with E-state index < -0.39 is 0 Å². The van der Waals surface area contributed by atoms with Crippen LogP contribution in [0.3, 0.4) is 0 Å². The van der Waals surface area contributed by atoms with Gasteiger partial charge in [0, 0.05) is 61.9 Å². The molecule has 218 valence electrons. The fraction of sp³-hybridized carbons (Fsp3) is 0.235. The van der Waals surface area contributed by atoms with Crippen LogP contribution in [0.4, 0.5) is 11.5 Å². The first kappa shape index (κ1) is 28.1. The van der Waals surface area contributed by atoms with E-state index in [0.29, 0.717) is 23.5 Å². The van der Waals surface area contributed by atoms with Crippen molar-refractivity contribution in [3.05, 3.63) is 117 Å². The monoisotopic (exact) mass is 574 g/mol. The number of hydrogen-bond acceptors (Lipinski definition) is 6. The Kier molecular flexibility index (Phi) is 7.19. The van der Waals surface area contributed by atoms with E-state index in [4.69, 9.17) is 4.98 Å². The van der Waals surface area contributed by atoms with Crippen molar-refractivity contribution in [1.29, 1.82) is 0 Å². The van der Waals surface area contributed by atoms with Crippen LogP contribution < -0.4 is 16.4 Å². The molecule has 0 bridgehead atoms. The maximum atomic E-state index is 13.4. The van der Waals surface area contributed by atoms with Crippen molar-refractivity contribution in [3.8, 4) is 22.4 Å². The molecule has 0 unspecified atom stereocenters. The fourth-order valence-corrected chi connectivity index (χ4v) is 5.77. The zero-order valence-electron chi connectivity index (χ0n) is 25.0.